The Morgan fingerprint density at radius 1 is 1.11 bits per heavy atom. The molecule has 0 bridgehead atoms. The molecule has 0 aliphatic carbocycles. The summed E-state index contributed by atoms with van der Waals surface area (Å²) in [6, 6.07) is 15.6. The predicted octanol–water partition coefficient (Wildman–Crippen LogP) is 4.00. The predicted molar refractivity (Wildman–Crippen MR) is 109 cm³/mol. The van der Waals surface area contributed by atoms with Crippen molar-refractivity contribution in [1.82, 2.24) is 25.1 Å². The summed E-state index contributed by atoms with van der Waals surface area (Å²) in [5.41, 5.74) is 3.94. The maximum absolute atomic E-state index is 13.0. The molecule has 1 aromatic carbocycles. The van der Waals surface area contributed by atoms with Gasteiger partial charge in [0.15, 0.2) is 5.65 Å². The Morgan fingerprint density at radius 3 is 2.64 bits per heavy atom. The Balaban J connectivity index is 1.76. The zero-order valence-corrected chi connectivity index (χ0v) is 15.8. The van der Waals surface area contributed by atoms with Gasteiger partial charge in [-0.1, -0.05) is 36.4 Å². The van der Waals surface area contributed by atoms with Crippen LogP contribution in [0.25, 0.3) is 22.3 Å². The Labute approximate surface area is 163 Å². The number of fused-ring (bicyclic) bond motifs is 1. The molecular formula is C22H21N5O. The minimum Gasteiger partial charge on any atom is -0.348 e. The number of pyridine rings is 2. The smallest absolute Gasteiger partial charge is 0.252 e. The van der Waals surface area contributed by atoms with Gasteiger partial charge in [-0.3, -0.25) is 9.78 Å². The first-order valence-corrected chi connectivity index (χ1v) is 9.24. The summed E-state index contributed by atoms with van der Waals surface area (Å²) in [6.45, 7) is 4.51. The second-order valence-electron chi connectivity index (χ2n) is 6.89. The maximum Gasteiger partial charge on any atom is 0.252 e. The molecule has 0 aliphatic rings. The Bertz CT molecular complexity index is 1100. The van der Waals surface area contributed by atoms with E-state index in [9.17, 15) is 4.79 Å². The van der Waals surface area contributed by atoms with Crippen LogP contribution >= 0.6 is 0 Å². The van der Waals surface area contributed by atoms with E-state index in [0.717, 1.165) is 22.2 Å². The molecule has 28 heavy (non-hydrogen) atoms. The fourth-order valence-electron chi connectivity index (χ4n) is 3.12. The van der Waals surface area contributed by atoms with Crippen molar-refractivity contribution in [2.45, 2.75) is 26.4 Å². The zero-order valence-electron chi connectivity index (χ0n) is 15.8. The largest absolute Gasteiger partial charge is 0.348 e. The monoisotopic (exact) mass is 371 g/mol. The highest BCUT2D eigenvalue weighted by atomic mass is 16.1. The van der Waals surface area contributed by atoms with E-state index in [1.54, 1.807) is 18.6 Å². The molecule has 0 saturated heterocycles. The van der Waals surface area contributed by atoms with Crippen molar-refractivity contribution >= 4 is 16.9 Å². The minimum absolute atomic E-state index is 0.141. The zero-order chi connectivity index (χ0) is 19.5. The van der Waals surface area contributed by atoms with E-state index >= 15 is 0 Å². The Hall–Kier alpha value is -3.54. The summed E-state index contributed by atoms with van der Waals surface area (Å²) < 4.78 is 1.85. The molecule has 3 aromatic heterocycles. The first-order valence-electron chi connectivity index (χ1n) is 9.24. The number of rotatable bonds is 5. The lowest BCUT2D eigenvalue weighted by atomic mass is 10.1. The van der Waals surface area contributed by atoms with Crippen molar-refractivity contribution in [2.75, 3.05) is 0 Å². The average molecular weight is 371 g/mol. The number of amides is 1. The van der Waals surface area contributed by atoms with Crippen molar-refractivity contribution in [3.63, 3.8) is 0 Å². The van der Waals surface area contributed by atoms with Crippen LogP contribution in [-0.4, -0.2) is 25.7 Å². The average Bonchev–Trinajstić information content (AvgIpc) is 3.17. The molecule has 140 valence electrons. The molecule has 3 heterocycles. The van der Waals surface area contributed by atoms with E-state index in [1.807, 2.05) is 67.1 Å². The number of nitrogens with zero attached hydrogens (tertiary/aromatic N) is 4. The van der Waals surface area contributed by atoms with Crippen molar-refractivity contribution in [1.29, 1.82) is 0 Å². The van der Waals surface area contributed by atoms with E-state index in [1.165, 1.54) is 0 Å². The van der Waals surface area contributed by atoms with E-state index in [2.05, 4.69) is 15.4 Å². The van der Waals surface area contributed by atoms with Crippen LogP contribution in [0.5, 0.6) is 0 Å². The van der Waals surface area contributed by atoms with E-state index in [4.69, 9.17) is 4.98 Å². The van der Waals surface area contributed by atoms with Gasteiger partial charge in [0.05, 0.1) is 22.8 Å². The molecule has 0 atom stereocenters. The van der Waals surface area contributed by atoms with Gasteiger partial charge in [-0.15, -0.1) is 0 Å². The van der Waals surface area contributed by atoms with Gasteiger partial charge in [0.2, 0.25) is 0 Å². The summed E-state index contributed by atoms with van der Waals surface area (Å²) in [5, 5.41) is 8.18. The number of hydrogen-bond acceptors (Lipinski definition) is 4. The van der Waals surface area contributed by atoms with Crippen LogP contribution in [0.3, 0.4) is 0 Å². The van der Waals surface area contributed by atoms with Crippen LogP contribution in [0, 0.1) is 0 Å². The van der Waals surface area contributed by atoms with Gasteiger partial charge in [-0.2, -0.15) is 5.10 Å². The van der Waals surface area contributed by atoms with Gasteiger partial charge in [-0.25, -0.2) is 9.67 Å². The standard InChI is InChI=1S/C22H21N5O/c1-15(2)27-21-19(14-25-27)18(11-20(26-21)17-8-4-3-5-9-17)22(28)24-13-16-7-6-10-23-12-16/h3-12,14-15H,13H2,1-2H3,(H,24,28). The second kappa shape index (κ2) is 7.60. The summed E-state index contributed by atoms with van der Waals surface area (Å²) in [7, 11) is 0. The van der Waals surface area contributed by atoms with Crippen molar-refractivity contribution in [3.05, 3.63) is 78.2 Å². The summed E-state index contributed by atoms with van der Waals surface area (Å²) in [6.07, 6.45) is 5.18. The molecule has 6 heteroatoms. The SMILES string of the molecule is CC(C)n1ncc2c(C(=O)NCc3cccnc3)cc(-c3ccccc3)nc21. The summed E-state index contributed by atoms with van der Waals surface area (Å²) in [5.74, 6) is -0.156. The summed E-state index contributed by atoms with van der Waals surface area (Å²) in [4.78, 5) is 21.9. The molecular weight excluding hydrogens is 350 g/mol. The van der Waals surface area contributed by atoms with E-state index < -0.39 is 0 Å². The molecule has 4 aromatic rings. The Morgan fingerprint density at radius 2 is 1.93 bits per heavy atom. The molecule has 1 amide bonds. The quantitative estimate of drug-likeness (QED) is 0.575. The number of hydrogen-bond donors (Lipinski definition) is 1. The van der Waals surface area contributed by atoms with Crippen molar-refractivity contribution in [2.24, 2.45) is 0 Å². The fraction of sp³-hybridized carbons (Fsp3) is 0.182. The van der Waals surface area contributed by atoms with Crippen molar-refractivity contribution in [3.8, 4) is 11.3 Å². The van der Waals surface area contributed by atoms with Crippen LogP contribution < -0.4 is 5.32 Å². The lowest BCUT2D eigenvalue weighted by Gasteiger charge is -2.11. The normalized spacial score (nSPS) is 11.1. The molecule has 6 nitrogen and oxygen atoms in total. The number of nitrogens with one attached hydrogen (secondary N) is 1. The molecule has 0 saturated carbocycles. The van der Waals surface area contributed by atoms with E-state index in [-0.39, 0.29) is 11.9 Å². The molecule has 0 fully saturated rings. The number of carbonyl (C=O) groups excluding carboxylic acids is 1. The van der Waals surface area contributed by atoms with Gasteiger partial charge in [-0.05, 0) is 31.5 Å². The highest BCUT2D eigenvalue weighted by Crippen LogP contribution is 2.26. The van der Waals surface area contributed by atoms with Crippen LogP contribution in [0.15, 0.2) is 67.1 Å². The van der Waals surface area contributed by atoms with Crippen molar-refractivity contribution < 1.29 is 4.79 Å². The number of carbonyl (C=O) groups is 1. The van der Waals surface area contributed by atoms with Crippen LogP contribution in [-0.2, 0) is 6.54 Å². The molecule has 4 rings (SSSR count). The highest BCUT2D eigenvalue weighted by molar-refractivity contribution is 6.06. The molecule has 1 N–H and O–H groups in total. The lowest BCUT2D eigenvalue weighted by molar-refractivity contribution is 0.0952. The lowest BCUT2D eigenvalue weighted by Crippen LogP contribution is -2.23. The highest BCUT2D eigenvalue weighted by Gasteiger charge is 2.18. The minimum atomic E-state index is -0.156. The van der Waals surface area contributed by atoms with Crippen LogP contribution in [0.2, 0.25) is 0 Å². The van der Waals surface area contributed by atoms with Gasteiger partial charge < -0.3 is 5.32 Å². The molecule has 0 aliphatic heterocycles. The summed E-state index contributed by atoms with van der Waals surface area (Å²) >= 11 is 0. The van der Waals surface area contributed by atoms with E-state index in [0.29, 0.717) is 17.8 Å². The number of benzene rings is 1. The molecule has 0 spiro atoms. The third-order valence-electron chi connectivity index (χ3n) is 4.55. The van der Waals surface area contributed by atoms with Crippen LogP contribution in [0.1, 0.15) is 35.8 Å². The van der Waals surface area contributed by atoms with Gasteiger partial charge in [0.1, 0.15) is 0 Å². The third-order valence-corrected chi connectivity index (χ3v) is 4.55. The Kier molecular flexibility index (Phi) is 4.85. The number of aromatic nitrogens is 4. The third kappa shape index (κ3) is 3.49. The fourth-order valence-corrected chi connectivity index (χ4v) is 3.12. The maximum atomic E-state index is 13.0. The van der Waals surface area contributed by atoms with Crippen LogP contribution in [0.4, 0.5) is 0 Å². The first-order chi connectivity index (χ1) is 13.6. The van der Waals surface area contributed by atoms with Gasteiger partial charge in [0, 0.05) is 30.5 Å². The van der Waals surface area contributed by atoms with Gasteiger partial charge in [0.25, 0.3) is 5.91 Å². The van der Waals surface area contributed by atoms with Gasteiger partial charge >= 0.3 is 0 Å². The molecule has 0 unspecified atom stereocenters. The first kappa shape index (κ1) is 17.9. The second-order valence-corrected chi connectivity index (χ2v) is 6.89. The molecule has 0 radical (unpaired) electrons. The topological polar surface area (TPSA) is 72.7 Å².